The highest BCUT2D eigenvalue weighted by Crippen LogP contribution is 2.22. The minimum absolute atomic E-state index is 0.0332. The molecule has 0 amide bonds. The van der Waals surface area contributed by atoms with Crippen LogP contribution in [0.3, 0.4) is 0 Å². The van der Waals surface area contributed by atoms with Crippen molar-refractivity contribution in [2.45, 2.75) is 52.0 Å². The number of piperazine rings is 1. The lowest BCUT2D eigenvalue weighted by Crippen LogP contribution is -2.48. The van der Waals surface area contributed by atoms with Crippen LogP contribution in [0.1, 0.15) is 49.6 Å². The monoisotopic (exact) mass is 422 g/mol. The Hall–Kier alpha value is -2.81. The molecule has 164 valence electrons. The Morgan fingerprint density at radius 3 is 2.65 bits per heavy atom. The first-order valence-corrected chi connectivity index (χ1v) is 11.4. The number of hydrogen-bond donors (Lipinski definition) is 0. The van der Waals surface area contributed by atoms with Crippen molar-refractivity contribution in [2.75, 3.05) is 37.6 Å². The Bertz CT molecular complexity index is 1130. The van der Waals surface area contributed by atoms with E-state index in [1.165, 1.54) is 12.8 Å². The summed E-state index contributed by atoms with van der Waals surface area (Å²) in [6.45, 7) is 9.47. The molecule has 1 aliphatic heterocycles. The van der Waals surface area contributed by atoms with Crippen LogP contribution in [0.25, 0.3) is 5.78 Å². The van der Waals surface area contributed by atoms with Crippen LogP contribution < -0.4 is 10.5 Å². The second-order valence-electron chi connectivity index (χ2n) is 8.88. The van der Waals surface area contributed by atoms with Crippen LogP contribution in [0.4, 0.5) is 5.82 Å². The van der Waals surface area contributed by atoms with E-state index in [2.05, 4.69) is 49.9 Å². The van der Waals surface area contributed by atoms with Crippen LogP contribution in [0.15, 0.2) is 23.3 Å². The van der Waals surface area contributed by atoms with Crippen molar-refractivity contribution in [1.82, 2.24) is 34.3 Å². The average molecular weight is 423 g/mol. The summed E-state index contributed by atoms with van der Waals surface area (Å²) in [5, 5.41) is 9.03. The zero-order valence-corrected chi connectivity index (χ0v) is 18.4. The summed E-state index contributed by atoms with van der Waals surface area (Å²) in [7, 11) is 0. The van der Waals surface area contributed by atoms with Crippen LogP contribution in [0.5, 0.6) is 0 Å². The molecule has 4 heterocycles. The maximum absolute atomic E-state index is 12.4. The Labute approximate surface area is 181 Å². The number of aromatic nitrogens is 6. The molecule has 9 heteroatoms. The van der Waals surface area contributed by atoms with E-state index in [0.29, 0.717) is 18.2 Å². The minimum atomic E-state index is 0.0332. The van der Waals surface area contributed by atoms with E-state index in [9.17, 15) is 4.79 Å². The van der Waals surface area contributed by atoms with E-state index in [1.807, 2.05) is 4.52 Å². The van der Waals surface area contributed by atoms with Crippen LogP contribution >= 0.6 is 0 Å². The highest BCUT2D eigenvalue weighted by atomic mass is 16.1. The van der Waals surface area contributed by atoms with Gasteiger partial charge in [0.15, 0.2) is 0 Å². The molecule has 0 N–H and O–H groups in total. The van der Waals surface area contributed by atoms with Gasteiger partial charge in [0.05, 0.1) is 17.9 Å². The Morgan fingerprint density at radius 1 is 1.03 bits per heavy atom. The molecule has 1 saturated heterocycles. The van der Waals surface area contributed by atoms with Gasteiger partial charge < -0.3 is 4.90 Å². The summed E-state index contributed by atoms with van der Waals surface area (Å²) < 4.78 is 3.49. The highest BCUT2D eigenvalue weighted by molar-refractivity contribution is 5.48. The predicted octanol–water partition coefficient (Wildman–Crippen LogP) is 1.51. The van der Waals surface area contributed by atoms with Gasteiger partial charge in [0.2, 0.25) is 0 Å². The van der Waals surface area contributed by atoms with Gasteiger partial charge in [-0.3, -0.25) is 9.69 Å². The quantitative estimate of drug-likeness (QED) is 0.616. The molecule has 0 bridgehead atoms. The second kappa shape index (κ2) is 8.37. The van der Waals surface area contributed by atoms with E-state index >= 15 is 0 Å². The fourth-order valence-corrected chi connectivity index (χ4v) is 4.53. The van der Waals surface area contributed by atoms with Crippen molar-refractivity contribution in [1.29, 1.82) is 0 Å². The highest BCUT2D eigenvalue weighted by Gasteiger charge is 2.22. The van der Waals surface area contributed by atoms with Gasteiger partial charge in [-0.15, -0.1) is 0 Å². The molecular weight excluding hydrogens is 392 g/mol. The van der Waals surface area contributed by atoms with Gasteiger partial charge in [0.1, 0.15) is 12.1 Å². The molecule has 0 spiro atoms. The number of anilines is 1. The summed E-state index contributed by atoms with van der Waals surface area (Å²) in [4.78, 5) is 26.1. The van der Waals surface area contributed by atoms with Crippen molar-refractivity contribution in [3.8, 4) is 0 Å². The van der Waals surface area contributed by atoms with Crippen LogP contribution in [0, 0.1) is 0 Å². The Balaban J connectivity index is 1.24. The number of nitrogens with zero attached hydrogens (tertiary/aromatic N) is 8. The van der Waals surface area contributed by atoms with Crippen molar-refractivity contribution in [3.05, 3.63) is 45.8 Å². The van der Waals surface area contributed by atoms with E-state index in [1.54, 1.807) is 17.1 Å². The molecule has 31 heavy (non-hydrogen) atoms. The molecule has 1 aliphatic carbocycles. The van der Waals surface area contributed by atoms with E-state index in [4.69, 9.17) is 0 Å². The van der Waals surface area contributed by atoms with Gasteiger partial charge in [-0.25, -0.2) is 9.67 Å². The van der Waals surface area contributed by atoms with E-state index < -0.39 is 0 Å². The first kappa shape index (κ1) is 20.1. The number of fused-ring (bicyclic) bond motifs is 2. The maximum atomic E-state index is 12.4. The Morgan fingerprint density at radius 2 is 1.84 bits per heavy atom. The third-order valence-corrected chi connectivity index (χ3v) is 6.44. The molecule has 0 unspecified atom stereocenters. The molecule has 3 aromatic rings. The Kier molecular flexibility index (Phi) is 5.43. The molecule has 0 atom stereocenters. The van der Waals surface area contributed by atoms with Gasteiger partial charge >= 0.3 is 0 Å². The van der Waals surface area contributed by atoms with Crippen LogP contribution in [0.2, 0.25) is 0 Å². The fourth-order valence-electron chi connectivity index (χ4n) is 4.53. The molecule has 1 fully saturated rings. The number of hydrogen-bond acceptors (Lipinski definition) is 7. The average Bonchev–Trinajstić information content (AvgIpc) is 3.26. The van der Waals surface area contributed by atoms with Gasteiger partial charge in [0.25, 0.3) is 11.3 Å². The van der Waals surface area contributed by atoms with Crippen LogP contribution in [-0.2, 0) is 19.4 Å². The normalized spacial score (nSPS) is 17.5. The topological polar surface area (TPSA) is 84.5 Å². The molecule has 0 saturated carbocycles. The summed E-state index contributed by atoms with van der Waals surface area (Å²) >= 11 is 0. The smallest absolute Gasteiger partial charge is 0.267 e. The fraction of sp³-hybridized carbons (Fsp3) is 0.591. The zero-order valence-electron chi connectivity index (χ0n) is 18.4. The van der Waals surface area contributed by atoms with E-state index in [-0.39, 0.29) is 5.56 Å². The standard InChI is InChI=1S/C22H30N8O/c1-16(2)19-14-20(30-22(25-19)23-15-24-30)28-10-7-27(8-11-28)9-12-29-21(31)13-17-5-3-4-6-18(17)26-29/h13-16H,3-12H2,1-2H3. The molecule has 3 aromatic heterocycles. The third-order valence-electron chi connectivity index (χ3n) is 6.44. The number of rotatable bonds is 5. The van der Waals surface area contributed by atoms with Crippen molar-refractivity contribution in [3.63, 3.8) is 0 Å². The predicted molar refractivity (Wildman–Crippen MR) is 119 cm³/mol. The summed E-state index contributed by atoms with van der Waals surface area (Å²) in [6.07, 6.45) is 5.89. The minimum Gasteiger partial charge on any atom is -0.354 e. The lowest BCUT2D eigenvalue weighted by Gasteiger charge is -2.36. The summed E-state index contributed by atoms with van der Waals surface area (Å²) in [5.74, 6) is 2.05. The van der Waals surface area contributed by atoms with E-state index in [0.717, 1.165) is 68.3 Å². The van der Waals surface area contributed by atoms with Crippen molar-refractivity contribution in [2.24, 2.45) is 0 Å². The lowest BCUT2D eigenvalue weighted by molar-refractivity contribution is 0.241. The zero-order chi connectivity index (χ0) is 21.4. The van der Waals surface area contributed by atoms with Crippen molar-refractivity contribution >= 4 is 11.6 Å². The summed E-state index contributed by atoms with van der Waals surface area (Å²) in [5.41, 5.74) is 3.34. The largest absolute Gasteiger partial charge is 0.354 e. The third kappa shape index (κ3) is 4.06. The first-order chi connectivity index (χ1) is 15.1. The van der Waals surface area contributed by atoms with Gasteiger partial charge in [-0.05, 0) is 37.2 Å². The maximum Gasteiger partial charge on any atom is 0.267 e. The molecule has 0 aromatic carbocycles. The summed E-state index contributed by atoms with van der Waals surface area (Å²) in [6, 6.07) is 3.94. The molecular formula is C22H30N8O. The first-order valence-electron chi connectivity index (χ1n) is 11.4. The van der Waals surface area contributed by atoms with Crippen LogP contribution in [-0.4, -0.2) is 67.0 Å². The second-order valence-corrected chi connectivity index (χ2v) is 8.88. The van der Waals surface area contributed by atoms with Gasteiger partial charge in [-0.2, -0.15) is 19.7 Å². The molecule has 9 nitrogen and oxygen atoms in total. The lowest BCUT2D eigenvalue weighted by atomic mass is 9.97. The van der Waals surface area contributed by atoms with Gasteiger partial charge in [0, 0.05) is 44.9 Å². The van der Waals surface area contributed by atoms with Crippen molar-refractivity contribution < 1.29 is 0 Å². The van der Waals surface area contributed by atoms with Gasteiger partial charge in [-0.1, -0.05) is 13.8 Å². The molecule has 2 aliphatic rings. The molecule has 0 radical (unpaired) electrons. The molecule has 5 rings (SSSR count). The SMILES string of the molecule is CC(C)c1cc(N2CCN(CCn3nc4c(cc3=O)CCCC4)CC2)n2ncnc2n1. The number of aryl methyl sites for hydroxylation is 2.